The molecule has 2 atom stereocenters. The molecule has 138 valence electrons. The Bertz CT molecular complexity index is 868. The molecule has 0 spiro atoms. The van der Waals surface area contributed by atoms with Crippen LogP contribution in [0.3, 0.4) is 0 Å². The summed E-state index contributed by atoms with van der Waals surface area (Å²) in [5, 5.41) is 3.87. The summed E-state index contributed by atoms with van der Waals surface area (Å²) in [6.45, 7) is 0. The van der Waals surface area contributed by atoms with Crippen LogP contribution < -0.4 is 10.1 Å². The van der Waals surface area contributed by atoms with Gasteiger partial charge in [-0.1, -0.05) is 66.7 Å². The second-order valence-electron chi connectivity index (χ2n) is 7.00. The van der Waals surface area contributed by atoms with E-state index in [1.165, 1.54) is 17.5 Å². The Morgan fingerprint density at radius 3 is 2.41 bits per heavy atom. The lowest BCUT2D eigenvalue weighted by molar-refractivity contribution is 0.415. The van der Waals surface area contributed by atoms with Gasteiger partial charge in [-0.2, -0.15) is 0 Å². The molecule has 3 aromatic rings. The molecule has 1 fully saturated rings. The number of methoxy groups -OCH3 is 1. The minimum absolute atomic E-state index is 0.146. The van der Waals surface area contributed by atoms with Crippen molar-refractivity contribution in [2.24, 2.45) is 0 Å². The molecular formula is C24H25NOS. The second-order valence-corrected chi connectivity index (χ2v) is 8.39. The van der Waals surface area contributed by atoms with Crippen molar-refractivity contribution < 1.29 is 4.74 Å². The first-order valence-electron chi connectivity index (χ1n) is 9.46. The van der Waals surface area contributed by atoms with Crippen LogP contribution in [0, 0.1) is 0 Å². The normalized spacial score (nSPS) is 22.2. The molecule has 0 aliphatic carbocycles. The standard InChI is InChI=1S/C24H25NOS/c1-26-23-14-8-13-22(17-23)25-24(21-11-6-3-7-12-21)18-20(15-16-27-24)19-9-4-2-5-10-19/h2-14,17,20,25H,15-16,18H2,1H3. The third-order valence-electron chi connectivity index (χ3n) is 5.28. The monoisotopic (exact) mass is 375 g/mol. The lowest BCUT2D eigenvalue weighted by atomic mass is 9.86. The van der Waals surface area contributed by atoms with Crippen LogP contribution in [0.4, 0.5) is 5.69 Å². The van der Waals surface area contributed by atoms with E-state index in [0.29, 0.717) is 5.92 Å². The van der Waals surface area contributed by atoms with Crippen LogP contribution in [0.15, 0.2) is 84.9 Å². The summed E-state index contributed by atoms with van der Waals surface area (Å²) < 4.78 is 5.43. The van der Waals surface area contributed by atoms with Crippen molar-refractivity contribution in [2.75, 3.05) is 18.2 Å². The highest BCUT2D eigenvalue weighted by molar-refractivity contribution is 8.00. The zero-order valence-corrected chi connectivity index (χ0v) is 16.4. The fraction of sp³-hybridized carbons (Fsp3) is 0.250. The number of hydrogen-bond donors (Lipinski definition) is 1. The highest BCUT2D eigenvalue weighted by Gasteiger charge is 2.39. The van der Waals surface area contributed by atoms with Crippen LogP contribution in [0.2, 0.25) is 0 Å². The van der Waals surface area contributed by atoms with Gasteiger partial charge in [0.25, 0.3) is 0 Å². The Kier molecular flexibility index (Phi) is 5.40. The fourth-order valence-electron chi connectivity index (χ4n) is 3.89. The van der Waals surface area contributed by atoms with E-state index in [9.17, 15) is 0 Å². The number of rotatable bonds is 5. The van der Waals surface area contributed by atoms with Gasteiger partial charge in [-0.3, -0.25) is 0 Å². The molecule has 1 saturated heterocycles. The fourth-order valence-corrected chi connectivity index (χ4v) is 5.46. The van der Waals surface area contributed by atoms with Crippen molar-refractivity contribution in [3.8, 4) is 5.75 Å². The predicted molar refractivity (Wildman–Crippen MR) is 116 cm³/mol. The molecule has 3 heteroatoms. The molecule has 0 saturated carbocycles. The SMILES string of the molecule is COc1cccc(NC2(c3ccccc3)CC(c3ccccc3)CCS2)c1. The molecule has 1 heterocycles. The number of anilines is 1. The van der Waals surface area contributed by atoms with Crippen molar-refractivity contribution >= 4 is 17.4 Å². The average Bonchev–Trinajstić information content (AvgIpc) is 2.75. The van der Waals surface area contributed by atoms with E-state index >= 15 is 0 Å². The van der Waals surface area contributed by atoms with Gasteiger partial charge in [0.15, 0.2) is 0 Å². The first-order valence-corrected chi connectivity index (χ1v) is 10.4. The minimum atomic E-state index is -0.146. The van der Waals surface area contributed by atoms with E-state index in [1.807, 2.05) is 23.9 Å². The van der Waals surface area contributed by atoms with E-state index in [-0.39, 0.29) is 4.87 Å². The smallest absolute Gasteiger partial charge is 0.120 e. The van der Waals surface area contributed by atoms with E-state index in [4.69, 9.17) is 4.74 Å². The van der Waals surface area contributed by atoms with Crippen molar-refractivity contribution in [2.45, 2.75) is 23.6 Å². The number of benzene rings is 3. The summed E-state index contributed by atoms with van der Waals surface area (Å²) in [4.78, 5) is -0.146. The minimum Gasteiger partial charge on any atom is -0.497 e. The molecule has 1 aliphatic rings. The van der Waals surface area contributed by atoms with Crippen LogP contribution in [-0.4, -0.2) is 12.9 Å². The van der Waals surface area contributed by atoms with Crippen molar-refractivity contribution in [3.05, 3.63) is 96.1 Å². The predicted octanol–water partition coefficient (Wildman–Crippen LogP) is 6.27. The van der Waals surface area contributed by atoms with Crippen LogP contribution in [0.1, 0.15) is 29.9 Å². The first-order chi connectivity index (χ1) is 13.3. The molecule has 1 aliphatic heterocycles. The largest absolute Gasteiger partial charge is 0.497 e. The topological polar surface area (TPSA) is 21.3 Å². The Balaban J connectivity index is 1.70. The summed E-state index contributed by atoms with van der Waals surface area (Å²) in [6, 6.07) is 30.0. The summed E-state index contributed by atoms with van der Waals surface area (Å²) in [7, 11) is 1.72. The number of hydrogen-bond acceptors (Lipinski definition) is 3. The van der Waals surface area contributed by atoms with E-state index in [0.717, 1.165) is 23.6 Å². The maximum atomic E-state index is 5.43. The molecule has 1 N–H and O–H groups in total. The Morgan fingerprint density at radius 2 is 1.67 bits per heavy atom. The van der Waals surface area contributed by atoms with E-state index in [2.05, 4.69) is 78.1 Å². The average molecular weight is 376 g/mol. The molecule has 3 aromatic carbocycles. The zero-order chi connectivity index (χ0) is 18.5. The van der Waals surface area contributed by atoms with Crippen LogP contribution in [0.5, 0.6) is 5.75 Å². The first kappa shape index (κ1) is 18.0. The van der Waals surface area contributed by atoms with Gasteiger partial charge in [0, 0.05) is 11.8 Å². The quantitative estimate of drug-likeness (QED) is 0.568. The maximum Gasteiger partial charge on any atom is 0.120 e. The van der Waals surface area contributed by atoms with Gasteiger partial charge in [0.05, 0.1) is 7.11 Å². The Morgan fingerprint density at radius 1 is 0.926 bits per heavy atom. The van der Waals surface area contributed by atoms with Gasteiger partial charge in [-0.25, -0.2) is 0 Å². The summed E-state index contributed by atoms with van der Waals surface area (Å²) in [5.74, 6) is 2.56. The van der Waals surface area contributed by atoms with Gasteiger partial charge >= 0.3 is 0 Å². The second kappa shape index (κ2) is 8.10. The molecule has 2 nitrogen and oxygen atoms in total. The molecule has 2 unspecified atom stereocenters. The van der Waals surface area contributed by atoms with Gasteiger partial charge in [-0.05, 0) is 47.8 Å². The van der Waals surface area contributed by atoms with E-state index in [1.54, 1.807) is 7.11 Å². The molecule has 0 amide bonds. The van der Waals surface area contributed by atoms with Crippen LogP contribution in [-0.2, 0) is 4.87 Å². The maximum absolute atomic E-state index is 5.43. The zero-order valence-electron chi connectivity index (χ0n) is 15.6. The molecule has 0 bridgehead atoms. The van der Waals surface area contributed by atoms with E-state index < -0.39 is 0 Å². The third-order valence-corrected chi connectivity index (χ3v) is 6.71. The van der Waals surface area contributed by atoms with Gasteiger partial charge in [0.1, 0.15) is 10.6 Å². The molecule has 27 heavy (non-hydrogen) atoms. The van der Waals surface area contributed by atoms with Crippen molar-refractivity contribution in [1.29, 1.82) is 0 Å². The van der Waals surface area contributed by atoms with Crippen molar-refractivity contribution in [3.63, 3.8) is 0 Å². The highest BCUT2D eigenvalue weighted by Crippen LogP contribution is 2.50. The van der Waals surface area contributed by atoms with Gasteiger partial charge in [-0.15, -0.1) is 11.8 Å². The Labute approximate surface area is 166 Å². The summed E-state index contributed by atoms with van der Waals surface area (Å²) >= 11 is 2.02. The highest BCUT2D eigenvalue weighted by atomic mass is 32.2. The van der Waals surface area contributed by atoms with Crippen molar-refractivity contribution in [1.82, 2.24) is 0 Å². The van der Waals surface area contributed by atoms with Gasteiger partial charge in [0.2, 0.25) is 0 Å². The Hall–Kier alpha value is -2.39. The molecule has 0 radical (unpaired) electrons. The third kappa shape index (κ3) is 3.98. The number of nitrogens with one attached hydrogen (secondary N) is 1. The number of thioether (sulfide) groups is 1. The van der Waals surface area contributed by atoms with Crippen LogP contribution in [0.25, 0.3) is 0 Å². The molecule has 4 rings (SSSR count). The lowest BCUT2D eigenvalue weighted by Gasteiger charge is -2.42. The summed E-state index contributed by atoms with van der Waals surface area (Å²) in [6.07, 6.45) is 2.27. The van der Waals surface area contributed by atoms with Crippen LogP contribution >= 0.6 is 11.8 Å². The summed E-state index contributed by atoms with van der Waals surface area (Å²) in [5.41, 5.74) is 3.86. The van der Waals surface area contributed by atoms with Gasteiger partial charge < -0.3 is 10.1 Å². The lowest BCUT2D eigenvalue weighted by Crippen LogP contribution is -2.37. The molecular weight excluding hydrogens is 350 g/mol. The number of ether oxygens (including phenoxy) is 1. The molecule has 0 aromatic heterocycles.